The number of rotatable bonds is 4. The molecule has 0 aliphatic heterocycles. The molecule has 0 spiro atoms. The van der Waals surface area contributed by atoms with Crippen molar-refractivity contribution in [3.63, 3.8) is 0 Å². The second kappa shape index (κ2) is 6.42. The summed E-state index contributed by atoms with van der Waals surface area (Å²) in [5.41, 5.74) is 5.74. The first kappa shape index (κ1) is 14.9. The minimum Gasteiger partial charge on any atom is -0.282 e. The molecule has 0 amide bonds. The maximum absolute atomic E-state index is 12.6. The van der Waals surface area contributed by atoms with Gasteiger partial charge in [-0.2, -0.15) is 5.48 Å². The first-order valence-electron chi connectivity index (χ1n) is 7.71. The molecule has 3 rings (SSSR count). The fourth-order valence-corrected chi connectivity index (χ4v) is 3.27. The third-order valence-electron chi connectivity index (χ3n) is 4.27. The Morgan fingerprint density at radius 1 is 1.05 bits per heavy atom. The van der Waals surface area contributed by atoms with Crippen LogP contribution in [0.3, 0.4) is 0 Å². The molecule has 5 heteroatoms. The van der Waals surface area contributed by atoms with E-state index in [0.29, 0.717) is 11.3 Å². The minimum atomic E-state index is -0.00842. The van der Waals surface area contributed by atoms with E-state index in [1.54, 1.807) is 14.2 Å². The van der Waals surface area contributed by atoms with Crippen molar-refractivity contribution in [1.82, 2.24) is 0 Å². The van der Waals surface area contributed by atoms with Crippen LogP contribution in [0, 0.1) is 0 Å². The number of carbonyl (C=O) groups excluding carboxylic acids is 1. The van der Waals surface area contributed by atoms with Gasteiger partial charge < -0.3 is 0 Å². The largest absolute Gasteiger partial charge is 0.332 e. The lowest BCUT2D eigenvalue weighted by atomic mass is 9.98. The van der Waals surface area contributed by atoms with Crippen LogP contribution in [0.5, 0.6) is 0 Å². The summed E-state index contributed by atoms with van der Waals surface area (Å²) in [4.78, 5) is 23.5. The zero-order valence-corrected chi connectivity index (χ0v) is 13.1. The van der Waals surface area contributed by atoms with Crippen LogP contribution in [-0.2, 0) is 9.68 Å². The third kappa shape index (κ3) is 2.46. The predicted octanol–water partition coefficient (Wildman–Crippen LogP) is 1.66. The van der Waals surface area contributed by atoms with Crippen molar-refractivity contribution in [2.75, 3.05) is 14.2 Å². The maximum Gasteiger partial charge on any atom is 0.332 e. The lowest BCUT2D eigenvalue weighted by Crippen LogP contribution is -2.81. The topological polar surface area (TPSA) is 55.1 Å². The number of carbonyl (C=O) groups is 1. The van der Waals surface area contributed by atoms with E-state index in [0.717, 1.165) is 24.1 Å². The van der Waals surface area contributed by atoms with Crippen molar-refractivity contribution in [3.05, 3.63) is 41.1 Å². The summed E-state index contributed by atoms with van der Waals surface area (Å²) in [6.45, 7) is 0. The van der Waals surface area contributed by atoms with Crippen LogP contribution in [0.1, 0.15) is 48.0 Å². The second-order valence-electron chi connectivity index (χ2n) is 5.59. The lowest BCUT2D eigenvalue weighted by molar-refractivity contribution is -0.853. The molecule has 2 N–H and O–H groups in total. The quantitative estimate of drug-likeness (QED) is 0.680. The molecular weight excluding hydrogens is 280 g/mol. The van der Waals surface area contributed by atoms with Gasteiger partial charge in [-0.25, -0.2) is 4.84 Å². The van der Waals surface area contributed by atoms with Crippen molar-refractivity contribution >= 4 is 17.2 Å². The van der Waals surface area contributed by atoms with Gasteiger partial charge in [-0.1, -0.05) is 18.6 Å². The van der Waals surface area contributed by atoms with Crippen LogP contribution in [-0.4, -0.2) is 30.5 Å². The van der Waals surface area contributed by atoms with E-state index < -0.39 is 0 Å². The zero-order valence-electron chi connectivity index (χ0n) is 13.1. The molecule has 5 nitrogen and oxygen atoms in total. The minimum absolute atomic E-state index is 0.00842. The van der Waals surface area contributed by atoms with E-state index in [1.165, 1.54) is 30.5 Å². The summed E-state index contributed by atoms with van der Waals surface area (Å²) in [7, 11) is 3.22. The SMILES string of the molecule is CO[NH2+]C1=C([N+](OC)=C2CCCCC2)c2ccccc2C1=O. The molecule has 0 unspecified atom stereocenters. The zero-order chi connectivity index (χ0) is 15.5. The van der Waals surface area contributed by atoms with Crippen molar-refractivity contribution in [3.8, 4) is 0 Å². The van der Waals surface area contributed by atoms with Crippen LogP contribution in [0.2, 0.25) is 0 Å². The fraction of sp³-hybridized carbons (Fsp3) is 0.412. The first-order valence-corrected chi connectivity index (χ1v) is 7.71. The van der Waals surface area contributed by atoms with Gasteiger partial charge in [-0.15, -0.1) is 0 Å². The first-order chi connectivity index (χ1) is 10.8. The van der Waals surface area contributed by atoms with Gasteiger partial charge in [0.25, 0.3) is 11.5 Å². The molecule has 0 radical (unpaired) electrons. The van der Waals surface area contributed by atoms with Crippen LogP contribution >= 0.6 is 0 Å². The monoisotopic (exact) mass is 302 g/mol. The van der Waals surface area contributed by atoms with Crippen molar-refractivity contribution in [1.29, 1.82) is 0 Å². The molecule has 0 saturated heterocycles. The van der Waals surface area contributed by atoms with Crippen LogP contribution in [0.4, 0.5) is 0 Å². The molecule has 0 aromatic heterocycles. The molecule has 116 valence electrons. The molecule has 1 aromatic carbocycles. The normalized spacial score (nSPS) is 17.7. The Morgan fingerprint density at radius 2 is 1.73 bits per heavy atom. The van der Waals surface area contributed by atoms with Crippen LogP contribution in [0.15, 0.2) is 30.0 Å². The Morgan fingerprint density at radius 3 is 2.36 bits per heavy atom. The smallest absolute Gasteiger partial charge is 0.282 e. The molecule has 0 atom stereocenters. The van der Waals surface area contributed by atoms with Crippen LogP contribution in [0.25, 0.3) is 5.70 Å². The number of quaternary nitrogens is 1. The van der Waals surface area contributed by atoms with Crippen LogP contribution < -0.4 is 5.48 Å². The highest BCUT2D eigenvalue weighted by molar-refractivity contribution is 6.17. The van der Waals surface area contributed by atoms with Gasteiger partial charge in [0, 0.05) is 23.1 Å². The number of ketones is 1. The summed E-state index contributed by atoms with van der Waals surface area (Å²) in [5.74, 6) is -0.00842. The summed E-state index contributed by atoms with van der Waals surface area (Å²) in [6.07, 6.45) is 5.61. The predicted molar refractivity (Wildman–Crippen MR) is 82.0 cm³/mol. The Labute approximate surface area is 130 Å². The average molecular weight is 302 g/mol. The molecule has 1 saturated carbocycles. The van der Waals surface area contributed by atoms with Gasteiger partial charge in [0.2, 0.25) is 5.71 Å². The van der Waals surface area contributed by atoms with E-state index in [4.69, 9.17) is 9.68 Å². The third-order valence-corrected chi connectivity index (χ3v) is 4.27. The summed E-state index contributed by atoms with van der Waals surface area (Å²) in [5, 5.41) is 0. The maximum atomic E-state index is 12.6. The highest BCUT2D eigenvalue weighted by Gasteiger charge is 2.43. The van der Waals surface area contributed by atoms with Gasteiger partial charge in [-0.05, 0) is 25.0 Å². The highest BCUT2D eigenvalue weighted by atomic mass is 16.7. The molecule has 0 bridgehead atoms. The van der Waals surface area contributed by atoms with Crippen molar-refractivity contribution in [2.24, 2.45) is 0 Å². The standard InChI is InChI=1S/C17H20N2O3/c1-21-18-15-16(13-10-6-7-11-14(13)17(15)20)19(22-2)12-8-4-3-5-9-12/h6-7,10-11H,3-5,8-9H2,1-2H3/p+2. The average Bonchev–Trinajstić information content (AvgIpc) is 2.84. The lowest BCUT2D eigenvalue weighted by Gasteiger charge is -2.11. The number of Topliss-reactive ketones (excluding diaryl/α,β-unsaturated/α-hetero) is 1. The number of hydrogen-bond donors (Lipinski definition) is 1. The van der Waals surface area contributed by atoms with Gasteiger partial charge >= 0.3 is 5.70 Å². The van der Waals surface area contributed by atoms with Gasteiger partial charge in [0.05, 0.1) is 12.7 Å². The number of hydrogen-bond acceptors (Lipinski definition) is 3. The molecule has 0 heterocycles. The summed E-state index contributed by atoms with van der Waals surface area (Å²) in [6, 6.07) is 7.65. The van der Waals surface area contributed by atoms with Gasteiger partial charge in [0.1, 0.15) is 7.11 Å². The highest BCUT2D eigenvalue weighted by Crippen LogP contribution is 2.32. The second-order valence-corrected chi connectivity index (χ2v) is 5.59. The number of fused-ring (bicyclic) bond motifs is 1. The Kier molecular flexibility index (Phi) is 4.36. The van der Waals surface area contributed by atoms with E-state index >= 15 is 0 Å². The fourth-order valence-electron chi connectivity index (χ4n) is 3.27. The summed E-state index contributed by atoms with van der Waals surface area (Å²) >= 11 is 0. The van der Waals surface area contributed by atoms with E-state index in [2.05, 4.69) is 0 Å². The van der Waals surface area contributed by atoms with Crippen molar-refractivity contribution in [2.45, 2.75) is 32.1 Å². The number of allylic oxidation sites excluding steroid dienone is 1. The van der Waals surface area contributed by atoms with E-state index in [1.807, 2.05) is 29.0 Å². The van der Waals surface area contributed by atoms with Crippen molar-refractivity contribution < 1.29 is 24.7 Å². The molecule has 1 aromatic rings. The molecular formula is C17H22N2O3+2. The van der Waals surface area contributed by atoms with E-state index in [9.17, 15) is 4.79 Å². The number of nitrogens with two attached hydrogens (primary N) is 1. The Hall–Kier alpha value is -1.98. The van der Waals surface area contributed by atoms with E-state index in [-0.39, 0.29) is 5.78 Å². The number of hydroxylamine groups is 2. The number of benzene rings is 1. The Balaban J connectivity index is 2.16. The summed E-state index contributed by atoms with van der Waals surface area (Å²) < 4.78 is 1.84. The molecule has 1 fully saturated rings. The van der Waals surface area contributed by atoms with Gasteiger partial charge in [0.15, 0.2) is 0 Å². The van der Waals surface area contributed by atoms with Gasteiger partial charge in [-0.3, -0.25) is 9.63 Å². The number of nitrogens with zero attached hydrogens (tertiary/aromatic N) is 1. The Bertz CT molecular complexity index is 654. The molecule has 2 aliphatic rings. The molecule has 2 aliphatic carbocycles. The molecule has 22 heavy (non-hydrogen) atoms.